The quantitative estimate of drug-likeness (QED) is 0.784. The molecule has 1 unspecified atom stereocenters. The Labute approximate surface area is 84.5 Å². The van der Waals surface area contributed by atoms with E-state index >= 15 is 0 Å². The van der Waals surface area contributed by atoms with Gasteiger partial charge in [0.25, 0.3) is 0 Å². The zero-order chi connectivity index (χ0) is 8.27. The van der Waals surface area contributed by atoms with Crippen LogP contribution in [0.5, 0.6) is 0 Å². The second-order valence-corrected chi connectivity index (χ2v) is 2.94. The summed E-state index contributed by atoms with van der Waals surface area (Å²) in [7, 11) is 1.92. The van der Waals surface area contributed by atoms with Crippen LogP contribution in [-0.2, 0) is 0 Å². The van der Waals surface area contributed by atoms with Crippen molar-refractivity contribution < 1.29 is 0 Å². The molecule has 3 heteroatoms. The molecule has 0 aliphatic rings. The first-order valence-corrected chi connectivity index (χ1v) is 4.05. The van der Waals surface area contributed by atoms with Crippen LogP contribution in [0, 0.1) is 0 Å². The molecule has 68 valence electrons. The first kappa shape index (κ1) is 11.8. The second kappa shape index (κ2) is 5.41. The van der Waals surface area contributed by atoms with E-state index in [9.17, 15) is 0 Å². The molecular formula is C9H13Cl2N. The van der Waals surface area contributed by atoms with Crippen LogP contribution in [0.15, 0.2) is 24.3 Å². The highest BCUT2D eigenvalue weighted by molar-refractivity contribution is 6.31. The van der Waals surface area contributed by atoms with Crippen molar-refractivity contribution in [3.63, 3.8) is 0 Å². The Morgan fingerprint density at radius 1 is 1.33 bits per heavy atom. The summed E-state index contributed by atoms with van der Waals surface area (Å²) in [6, 6.07) is 8.20. The number of hydrogen-bond acceptors (Lipinski definition) is 1. The van der Waals surface area contributed by atoms with Crippen molar-refractivity contribution in [1.82, 2.24) is 5.32 Å². The minimum Gasteiger partial charge on any atom is -0.313 e. The normalized spacial score (nSPS) is 11.9. The molecule has 0 aromatic heterocycles. The lowest BCUT2D eigenvalue weighted by molar-refractivity contribution is 0.652. The fourth-order valence-corrected chi connectivity index (χ4v) is 1.28. The summed E-state index contributed by atoms with van der Waals surface area (Å²) < 4.78 is 0. The monoisotopic (exact) mass is 205 g/mol. The number of nitrogens with one attached hydrogen (secondary N) is 1. The fourth-order valence-electron chi connectivity index (χ4n) is 0.982. The molecule has 1 atom stereocenters. The second-order valence-electron chi connectivity index (χ2n) is 2.53. The largest absolute Gasteiger partial charge is 0.313 e. The van der Waals surface area contributed by atoms with Crippen molar-refractivity contribution in [1.29, 1.82) is 0 Å². The highest BCUT2D eigenvalue weighted by Crippen LogP contribution is 2.21. The average molecular weight is 206 g/mol. The van der Waals surface area contributed by atoms with Gasteiger partial charge in [0.1, 0.15) is 0 Å². The summed E-state index contributed by atoms with van der Waals surface area (Å²) >= 11 is 5.96. The van der Waals surface area contributed by atoms with Gasteiger partial charge >= 0.3 is 0 Å². The molecule has 0 radical (unpaired) electrons. The van der Waals surface area contributed by atoms with E-state index in [1.165, 1.54) is 0 Å². The molecule has 0 amide bonds. The minimum atomic E-state index is 0. The summed E-state index contributed by atoms with van der Waals surface area (Å²) in [5, 5.41) is 3.97. The zero-order valence-corrected chi connectivity index (χ0v) is 8.75. The molecule has 12 heavy (non-hydrogen) atoms. The van der Waals surface area contributed by atoms with E-state index in [-0.39, 0.29) is 12.4 Å². The number of hydrogen-bond donors (Lipinski definition) is 1. The van der Waals surface area contributed by atoms with E-state index < -0.39 is 0 Å². The number of halogens is 2. The van der Waals surface area contributed by atoms with E-state index in [4.69, 9.17) is 11.6 Å². The Morgan fingerprint density at radius 3 is 2.42 bits per heavy atom. The first-order valence-electron chi connectivity index (χ1n) is 3.67. The van der Waals surface area contributed by atoms with Crippen LogP contribution < -0.4 is 5.32 Å². The van der Waals surface area contributed by atoms with Crippen molar-refractivity contribution in [3.8, 4) is 0 Å². The van der Waals surface area contributed by atoms with E-state index in [0.29, 0.717) is 6.04 Å². The fraction of sp³-hybridized carbons (Fsp3) is 0.333. The van der Waals surface area contributed by atoms with E-state index in [1.54, 1.807) is 0 Å². The Morgan fingerprint density at radius 2 is 1.92 bits per heavy atom. The zero-order valence-electron chi connectivity index (χ0n) is 7.17. The molecule has 0 fully saturated rings. The third kappa shape index (κ3) is 2.67. The van der Waals surface area contributed by atoms with Crippen molar-refractivity contribution in [2.24, 2.45) is 0 Å². The Hall–Kier alpha value is -0.240. The van der Waals surface area contributed by atoms with Crippen LogP contribution in [0.3, 0.4) is 0 Å². The van der Waals surface area contributed by atoms with E-state index in [1.807, 2.05) is 31.3 Å². The third-order valence-corrected chi connectivity index (χ3v) is 2.15. The third-order valence-electron chi connectivity index (χ3n) is 1.80. The molecule has 0 heterocycles. The average Bonchev–Trinajstić information content (AvgIpc) is 2.04. The predicted octanol–water partition coefficient (Wildman–Crippen LogP) is 3.04. The lowest BCUT2D eigenvalue weighted by Gasteiger charge is -2.11. The van der Waals surface area contributed by atoms with Crippen LogP contribution in [0.2, 0.25) is 5.02 Å². The van der Waals surface area contributed by atoms with Crippen LogP contribution in [0.4, 0.5) is 0 Å². The Balaban J connectivity index is 0.00000121. The SMILES string of the molecule is CNC(C)c1ccccc1Cl.Cl. The maximum atomic E-state index is 5.96. The maximum absolute atomic E-state index is 5.96. The molecule has 1 rings (SSSR count). The standard InChI is InChI=1S/C9H12ClN.ClH/c1-7(11-2)8-5-3-4-6-9(8)10;/h3-7,11H,1-2H3;1H. The van der Waals surface area contributed by atoms with Crippen LogP contribution in [0.1, 0.15) is 18.5 Å². The lowest BCUT2D eigenvalue weighted by Crippen LogP contribution is -2.12. The molecular weight excluding hydrogens is 193 g/mol. The smallest absolute Gasteiger partial charge is 0.0453 e. The van der Waals surface area contributed by atoms with Crippen molar-refractivity contribution in [2.45, 2.75) is 13.0 Å². The molecule has 1 aromatic carbocycles. The Bertz CT molecular complexity index is 238. The summed E-state index contributed by atoms with van der Waals surface area (Å²) in [6.45, 7) is 2.08. The molecule has 1 N–H and O–H groups in total. The van der Waals surface area contributed by atoms with Gasteiger partial charge in [-0.3, -0.25) is 0 Å². The highest BCUT2D eigenvalue weighted by Gasteiger charge is 2.04. The van der Waals surface area contributed by atoms with Crippen LogP contribution in [-0.4, -0.2) is 7.05 Å². The first-order chi connectivity index (χ1) is 5.25. The maximum Gasteiger partial charge on any atom is 0.0453 e. The summed E-state index contributed by atoms with van der Waals surface area (Å²) in [4.78, 5) is 0. The van der Waals surface area contributed by atoms with Gasteiger partial charge in [-0.25, -0.2) is 0 Å². The molecule has 0 aliphatic heterocycles. The van der Waals surface area contributed by atoms with Gasteiger partial charge in [0.2, 0.25) is 0 Å². The minimum absolute atomic E-state index is 0. The summed E-state index contributed by atoms with van der Waals surface area (Å²) in [5.74, 6) is 0. The lowest BCUT2D eigenvalue weighted by atomic mass is 10.1. The number of rotatable bonds is 2. The van der Waals surface area contributed by atoms with E-state index in [0.717, 1.165) is 10.6 Å². The highest BCUT2D eigenvalue weighted by atomic mass is 35.5. The van der Waals surface area contributed by atoms with Gasteiger partial charge in [0.05, 0.1) is 0 Å². The molecule has 0 aliphatic carbocycles. The molecule has 0 saturated carbocycles. The van der Waals surface area contributed by atoms with Crippen LogP contribution >= 0.6 is 24.0 Å². The molecule has 0 spiro atoms. The van der Waals surface area contributed by atoms with Gasteiger partial charge in [-0.1, -0.05) is 29.8 Å². The Kier molecular flexibility index (Phi) is 5.31. The van der Waals surface area contributed by atoms with Gasteiger partial charge in [-0.2, -0.15) is 0 Å². The topological polar surface area (TPSA) is 12.0 Å². The molecule has 0 saturated heterocycles. The van der Waals surface area contributed by atoms with Gasteiger partial charge in [0, 0.05) is 11.1 Å². The van der Waals surface area contributed by atoms with Crippen molar-refractivity contribution in [3.05, 3.63) is 34.9 Å². The van der Waals surface area contributed by atoms with Gasteiger partial charge < -0.3 is 5.32 Å². The molecule has 1 nitrogen and oxygen atoms in total. The summed E-state index contributed by atoms with van der Waals surface area (Å²) in [6.07, 6.45) is 0. The molecule has 0 bridgehead atoms. The van der Waals surface area contributed by atoms with Crippen molar-refractivity contribution in [2.75, 3.05) is 7.05 Å². The van der Waals surface area contributed by atoms with Gasteiger partial charge in [-0.05, 0) is 25.6 Å². The number of benzene rings is 1. The summed E-state index contributed by atoms with van der Waals surface area (Å²) in [5.41, 5.74) is 1.15. The molecule has 1 aromatic rings. The van der Waals surface area contributed by atoms with E-state index in [2.05, 4.69) is 12.2 Å². The van der Waals surface area contributed by atoms with Crippen LogP contribution in [0.25, 0.3) is 0 Å². The van der Waals surface area contributed by atoms with Gasteiger partial charge in [-0.15, -0.1) is 12.4 Å². The van der Waals surface area contributed by atoms with Crippen molar-refractivity contribution >= 4 is 24.0 Å². The van der Waals surface area contributed by atoms with Gasteiger partial charge in [0.15, 0.2) is 0 Å². The predicted molar refractivity (Wildman–Crippen MR) is 56.2 cm³/mol.